The summed E-state index contributed by atoms with van der Waals surface area (Å²) >= 11 is 0. The third kappa shape index (κ3) is 16.8. The van der Waals surface area contributed by atoms with Gasteiger partial charge in [0.15, 0.2) is 0 Å². The van der Waals surface area contributed by atoms with Gasteiger partial charge in [0.25, 0.3) is 0 Å². The molecule has 0 fully saturated rings. The first kappa shape index (κ1) is 48.4. The maximum Gasteiger partial charge on any atom is 0.326 e. The van der Waals surface area contributed by atoms with Gasteiger partial charge in [-0.15, -0.1) is 0 Å². The molecule has 0 aliphatic carbocycles. The Hall–Kier alpha value is -5.59. The molecule has 6 amide bonds. The van der Waals surface area contributed by atoms with Crippen molar-refractivity contribution in [3.8, 4) is 0 Å². The van der Waals surface area contributed by atoms with Crippen LogP contribution in [-0.2, 0) is 49.6 Å². The highest BCUT2D eigenvalue weighted by Gasteiger charge is 2.35. The van der Waals surface area contributed by atoms with Gasteiger partial charge in [0, 0.05) is 19.3 Å². The smallest absolute Gasteiger partial charge is 0.326 e. The van der Waals surface area contributed by atoms with Crippen molar-refractivity contribution in [1.29, 1.82) is 0 Å². The third-order valence-corrected chi connectivity index (χ3v) is 8.68. The lowest BCUT2D eigenvalue weighted by molar-refractivity contribution is -0.143. The molecule has 0 heterocycles. The van der Waals surface area contributed by atoms with E-state index in [0.717, 1.165) is 0 Å². The van der Waals surface area contributed by atoms with E-state index in [1.165, 1.54) is 6.92 Å². The molecule has 11 N–H and O–H groups in total. The molecule has 0 radical (unpaired) electrons. The van der Waals surface area contributed by atoms with Crippen molar-refractivity contribution in [3.05, 3.63) is 35.9 Å². The summed E-state index contributed by atoms with van der Waals surface area (Å²) in [6.45, 7) is 11.0. The molecule has 1 aromatic carbocycles. The fourth-order valence-corrected chi connectivity index (χ4v) is 5.28. The molecule has 0 aromatic heterocycles. The predicted molar refractivity (Wildman–Crippen MR) is 201 cm³/mol. The summed E-state index contributed by atoms with van der Waals surface area (Å²) in [5.74, 6) is -10.3. The van der Waals surface area contributed by atoms with E-state index < -0.39 is 133 Å². The monoisotopic (exact) mass is 791 g/mol. The molecule has 7 atom stereocenters. The number of hydrogen-bond donors (Lipinski definition) is 10. The van der Waals surface area contributed by atoms with Crippen molar-refractivity contribution in [2.24, 2.45) is 23.5 Å². The van der Waals surface area contributed by atoms with Crippen LogP contribution in [-0.4, -0.2) is 111 Å². The molecule has 19 heteroatoms. The topological polar surface area (TPSA) is 313 Å². The molecule has 0 aliphatic heterocycles. The van der Waals surface area contributed by atoms with Crippen LogP contribution in [0.15, 0.2) is 30.3 Å². The Morgan fingerprint density at radius 3 is 1.43 bits per heavy atom. The van der Waals surface area contributed by atoms with Crippen molar-refractivity contribution < 1.29 is 58.5 Å². The van der Waals surface area contributed by atoms with E-state index in [9.17, 15) is 53.4 Å². The van der Waals surface area contributed by atoms with Gasteiger partial charge in [-0.1, -0.05) is 71.9 Å². The third-order valence-electron chi connectivity index (χ3n) is 8.68. The van der Waals surface area contributed by atoms with Crippen molar-refractivity contribution >= 4 is 53.4 Å². The Morgan fingerprint density at radius 2 is 0.946 bits per heavy atom. The van der Waals surface area contributed by atoms with Gasteiger partial charge >= 0.3 is 17.9 Å². The number of carboxylic acids is 3. The molecular formula is C37H57N7O12. The number of hydrogen-bond acceptors (Lipinski definition) is 10. The van der Waals surface area contributed by atoms with Crippen LogP contribution in [0.5, 0.6) is 0 Å². The van der Waals surface area contributed by atoms with Crippen LogP contribution in [0.3, 0.4) is 0 Å². The number of rotatable bonds is 24. The second kappa shape index (κ2) is 23.4. The Morgan fingerprint density at radius 1 is 0.518 bits per heavy atom. The van der Waals surface area contributed by atoms with Crippen LogP contribution in [0.25, 0.3) is 0 Å². The number of aliphatic carboxylic acids is 3. The molecule has 0 unspecified atom stereocenters. The minimum atomic E-state index is -1.52. The van der Waals surface area contributed by atoms with E-state index in [2.05, 4.69) is 31.9 Å². The maximum absolute atomic E-state index is 13.7. The lowest BCUT2D eigenvalue weighted by atomic mass is 9.98. The molecule has 0 bridgehead atoms. The van der Waals surface area contributed by atoms with Gasteiger partial charge in [0.1, 0.15) is 36.3 Å². The van der Waals surface area contributed by atoms with Crippen LogP contribution < -0.4 is 37.6 Å². The Bertz CT molecular complexity index is 1550. The fraction of sp³-hybridized carbons (Fsp3) is 0.595. The number of nitrogens with two attached hydrogens (primary N) is 1. The lowest BCUT2D eigenvalue weighted by Gasteiger charge is -2.29. The number of carbonyl (C=O) groups excluding carboxylic acids is 6. The summed E-state index contributed by atoms with van der Waals surface area (Å²) in [7, 11) is 0. The Kier molecular flexibility index (Phi) is 20.2. The van der Waals surface area contributed by atoms with Gasteiger partial charge in [0.2, 0.25) is 35.4 Å². The highest BCUT2D eigenvalue weighted by atomic mass is 16.4. The van der Waals surface area contributed by atoms with E-state index >= 15 is 0 Å². The molecule has 0 saturated heterocycles. The zero-order valence-corrected chi connectivity index (χ0v) is 32.8. The first-order chi connectivity index (χ1) is 26.0. The summed E-state index contributed by atoms with van der Waals surface area (Å²) in [4.78, 5) is 114. The van der Waals surface area contributed by atoms with Gasteiger partial charge in [0.05, 0.1) is 6.04 Å². The number of carboxylic acid groups (broad SMARTS) is 3. The van der Waals surface area contributed by atoms with Gasteiger partial charge < -0.3 is 53.0 Å². The van der Waals surface area contributed by atoms with Crippen LogP contribution in [0.1, 0.15) is 79.7 Å². The molecule has 1 rings (SSSR count). The SMILES string of the molecule is CC(C)[C@H](NC(=O)[C@H](C)NC(=O)[C@@H](NC(=O)[C@@H](NC(=O)[C@H](CCC(=O)O)NC(=O)[C@H](Cc1ccccc1)NC(=O)[C@@H](N)CCC(=O)O)C(C)C)C(C)C)C(=O)O. The molecule has 1 aromatic rings. The quantitative estimate of drug-likeness (QED) is 0.0618. The molecule has 0 saturated carbocycles. The predicted octanol–water partition coefficient (Wildman–Crippen LogP) is -0.733. The average Bonchev–Trinajstić information content (AvgIpc) is 3.11. The van der Waals surface area contributed by atoms with Crippen molar-refractivity contribution in [2.75, 3.05) is 0 Å². The summed E-state index contributed by atoms with van der Waals surface area (Å²) in [6.07, 6.45) is -1.69. The summed E-state index contributed by atoms with van der Waals surface area (Å²) < 4.78 is 0. The number of nitrogens with one attached hydrogen (secondary N) is 6. The van der Waals surface area contributed by atoms with Gasteiger partial charge in [-0.3, -0.25) is 38.4 Å². The minimum absolute atomic E-state index is 0.0782. The number of carbonyl (C=O) groups is 9. The molecule has 0 aliphatic rings. The highest BCUT2D eigenvalue weighted by molar-refractivity contribution is 5.97. The van der Waals surface area contributed by atoms with E-state index in [4.69, 9.17) is 10.8 Å². The largest absolute Gasteiger partial charge is 0.481 e. The zero-order valence-electron chi connectivity index (χ0n) is 32.8. The number of benzene rings is 1. The van der Waals surface area contributed by atoms with Crippen LogP contribution >= 0.6 is 0 Å². The van der Waals surface area contributed by atoms with Gasteiger partial charge in [-0.2, -0.15) is 0 Å². The van der Waals surface area contributed by atoms with Crippen LogP contribution in [0, 0.1) is 17.8 Å². The van der Waals surface area contributed by atoms with Crippen LogP contribution in [0.4, 0.5) is 0 Å². The van der Waals surface area contributed by atoms with E-state index in [0.29, 0.717) is 5.56 Å². The standard InChI is InChI=1S/C37H57N7O12/c1-18(2)28(35(53)39-21(7)31(49)44-30(20(5)6)37(55)56)43-36(54)29(19(3)4)42-33(51)24(14-16-27(47)48)40-34(52)25(17-22-11-9-8-10-12-22)41-32(50)23(38)13-15-26(45)46/h8-12,18-21,23-25,28-30H,13-17,38H2,1-7H3,(H,39,53)(H,40,52)(H,41,50)(H,42,51)(H,43,54)(H,44,49)(H,45,46)(H,47,48)(H,55,56)/t21-,23-,24-,25-,28-,29-,30-/m0/s1. The van der Waals surface area contributed by atoms with E-state index in [1.54, 1.807) is 71.9 Å². The molecule has 56 heavy (non-hydrogen) atoms. The van der Waals surface area contributed by atoms with Crippen molar-refractivity contribution in [1.82, 2.24) is 31.9 Å². The van der Waals surface area contributed by atoms with Gasteiger partial charge in [-0.25, -0.2) is 4.79 Å². The lowest BCUT2D eigenvalue weighted by Crippen LogP contribution is -2.61. The maximum atomic E-state index is 13.7. The second-order valence-electron chi connectivity index (χ2n) is 14.5. The average molecular weight is 792 g/mol. The second-order valence-corrected chi connectivity index (χ2v) is 14.5. The first-order valence-corrected chi connectivity index (χ1v) is 18.3. The molecule has 0 spiro atoms. The zero-order chi connectivity index (χ0) is 42.9. The first-order valence-electron chi connectivity index (χ1n) is 18.3. The molecule has 312 valence electrons. The van der Waals surface area contributed by atoms with Crippen LogP contribution in [0.2, 0.25) is 0 Å². The van der Waals surface area contributed by atoms with Gasteiger partial charge in [-0.05, 0) is 43.1 Å². The van der Waals surface area contributed by atoms with Crippen molar-refractivity contribution in [3.63, 3.8) is 0 Å². The van der Waals surface area contributed by atoms with E-state index in [1.807, 2.05) is 0 Å². The summed E-state index contributed by atoms with van der Waals surface area (Å²) in [5.41, 5.74) is 6.46. The fourth-order valence-electron chi connectivity index (χ4n) is 5.28. The molecule has 19 nitrogen and oxygen atoms in total. The molecular weight excluding hydrogens is 734 g/mol. The van der Waals surface area contributed by atoms with E-state index in [-0.39, 0.29) is 12.8 Å². The minimum Gasteiger partial charge on any atom is -0.481 e. The van der Waals surface area contributed by atoms with Crippen molar-refractivity contribution in [2.45, 2.75) is 123 Å². The Labute approximate surface area is 325 Å². The summed E-state index contributed by atoms with van der Waals surface area (Å²) in [5, 5.41) is 42.7. The highest BCUT2D eigenvalue weighted by Crippen LogP contribution is 2.11. The summed E-state index contributed by atoms with van der Waals surface area (Å²) in [6, 6.07) is -0.570. The number of amides is 6. The Balaban J connectivity index is 3.25. The normalized spacial score (nSPS) is 14.9.